The Balaban J connectivity index is 0. The standard InChI is InChI=1S/C11H22O5S.K/c12-11(13)9-7-5-3-1-2-4-6-8-10-17(14,15)16;/h1-10H2,(H,12,13)(H,14,15,16);. The van der Waals surface area contributed by atoms with E-state index in [1.807, 2.05) is 0 Å². The van der Waals surface area contributed by atoms with E-state index in [0.29, 0.717) is 6.42 Å². The molecule has 18 heavy (non-hydrogen) atoms. The van der Waals surface area contributed by atoms with Crippen molar-refractivity contribution in [1.82, 2.24) is 0 Å². The third-order valence-electron chi connectivity index (χ3n) is 2.54. The van der Waals surface area contributed by atoms with Crippen LogP contribution in [0.15, 0.2) is 0 Å². The first-order chi connectivity index (χ1) is 7.92. The van der Waals surface area contributed by atoms with Crippen molar-refractivity contribution in [2.75, 3.05) is 5.75 Å². The number of carboxylic acids is 1. The Morgan fingerprint density at radius 3 is 1.61 bits per heavy atom. The van der Waals surface area contributed by atoms with Crippen LogP contribution in [0.4, 0.5) is 0 Å². The predicted molar refractivity (Wildman–Crippen MR) is 71.4 cm³/mol. The predicted octanol–water partition coefficient (Wildman–Crippen LogP) is 2.09. The summed E-state index contributed by atoms with van der Waals surface area (Å²) in [7, 11) is -3.79. The number of hydrogen-bond acceptors (Lipinski definition) is 3. The van der Waals surface area contributed by atoms with Crippen LogP contribution in [0.3, 0.4) is 0 Å². The minimum atomic E-state index is -3.79. The molecule has 0 atom stereocenters. The van der Waals surface area contributed by atoms with Crippen LogP contribution in [-0.2, 0) is 14.9 Å². The minimum Gasteiger partial charge on any atom is -0.481 e. The minimum absolute atomic E-state index is 0. The monoisotopic (exact) mass is 305 g/mol. The molecule has 0 amide bonds. The van der Waals surface area contributed by atoms with Crippen LogP contribution in [0.2, 0.25) is 0 Å². The Morgan fingerprint density at radius 2 is 1.22 bits per heavy atom. The molecule has 0 aliphatic carbocycles. The second kappa shape index (κ2) is 13.0. The molecule has 0 rings (SSSR count). The molecule has 5 nitrogen and oxygen atoms in total. The van der Waals surface area contributed by atoms with Crippen LogP contribution in [-0.4, -0.2) is 81.2 Å². The summed E-state index contributed by atoms with van der Waals surface area (Å²) in [6, 6.07) is 0. The second-order valence-corrected chi connectivity index (χ2v) is 5.83. The zero-order valence-corrected chi connectivity index (χ0v) is 15.0. The van der Waals surface area contributed by atoms with Crippen LogP contribution in [0.25, 0.3) is 0 Å². The first kappa shape index (κ1) is 21.3. The van der Waals surface area contributed by atoms with Crippen molar-refractivity contribution in [1.29, 1.82) is 0 Å². The van der Waals surface area contributed by atoms with Gasteiger partial charge in [0.1, 0.15) is 0 Å². The maximum absolute atomic E-state index is 10.4. The summed E-state index contributed by atoms with van der Waals surface area (Å²) >= 11 is 0. The van der Waals surface area contributed by atoms with Crippen molar-refractivity contribution in [2.45, 2.75) is 57.8 Å². The van der Waals surface area contributed by atoms with Gasteiger partial charge in [-0.15, -0.1) is 0 Å². The van der Waals surface area contributed by atoms with Gasteiger partial charge < -0.3 is 5.11 Å². The summed E-state index contributed by atoms with van der Waals surface area (Å²) in [5.41, 5.74) is 0. The molecule has 0 aromatic rings. The summed E-state index contributed by atoms with van der Waals surface area (Å²) in [6.45, 7) is 0. The number of unbranched alkanes of at least 4 members (excludes halogenated alkanes) is 7. The Kier molecular flexibility index (Phi) is 15.4. The van der Waals surface area contributed by atoms with E-state index in [9.17, 15) is 13.2 Å². The molecule has 0 fully saturated rings. The van der Waals surface area contributed by atoms with Crippen LogP contribution in [0.5, 0.6) is 0 Å². The number of aliphatic carboxylic acids is 1. The van der Waals surface area contributed by atoms with Gasteiger partial charge in [-0.2, -0.15) is 8.42 Å². The normalized spacial score (nSPS) is 10.9. The van der Waals surface area contributed by atoms with Crippen LogP contribution < -0.4 is 0 Å². The molecule has 103 valence electrons. The quantitative estimate of drug-likeness (QED) is 0.346. The van der Waals surface area contributed by atoms with E-state index in [1.54, 1.807) is 0 Å². The number of carbonyl (C=O) groups is 1. The Labute approximate surface area is 152 Å². The van der Waals surface area contributed by atoms with E-state index in [2.05, 4.69) is 0 Å². The van der Waals surface area contributed by atoms with E-state index < -0.39 is 16.1 Å². The topological polar surface area (TPSA) is 91.7 Å². The van der Waals surface area contributed by atoms with Crippen molar-refractivity contribution in [2.24, 2.45) is 0 Å². The summed E-state index contributed by atoms with van der Waals surface area (Å²) in [6.07, 6.45) is 7.35. The van der Waals surface area contributed by atoms with Gasteiger partial charge in [-0.25, -0.2) is 0 Å². The maximum atomic E-state index is 10.4. The molecule has 0 aliphatic rings. The van der Waals surface area contributed by atoms with Gasteiger partial charge in [0.05, 0.1) is 5.75 Å². The SMILES string of the molecule is O=C(O)CCCCCCCCCCS(=O)(=O)O.[K]. The van der Waals surface area contributed by atoms with E-state index in [1.165, 1.54) is 0 Å². The Bertz CT molecular complexity index is 303. The van der Waals surface area contributed by atoms with Crippen molar-refractivity contribution in [3.8, 4) is 0 Å². The van der Waals surface area contributed by atoms with E-state index >= 15 is 0 Å². The molecule has 0 saturated heterocycles. The third kappa shape index (κ3) is 19.4. The van der Waals surface area contributed by atoms with Gasteiger partial charge in [0.25, 0.3) is 10.1 Å². The van der Waals surface area contributed by atoms with Crippen LogP contribution >= 0.6 is 0 Å². The second-order valence-electron chi connectivity index (χ2n) is 4.26. The fraction of sp³-hybridized carbons (Fsp3) is 0.909. The zero-order chi connectivity index (χ0) is 13.1. The van der Waals surface area contributed by atoms with Crippen molar-refractivity contribution < 1.29 is 22.9 Å². The largest absolute Gasteiger partial charge is 0.481 e. The van der Waals surface area contributed by atoms with Gasteiger partial charge in [0, 0.05) is 57.8 Å². The first-order valence-electron chi connectivity index (χ1n) is 6.09. The summed E-state index contributed by atoms with van der Waals surface area (Å²) < 4.78 is 29.3. The summed E-state index contributed by atoms with van der Waals surface area (Å²) in [4.78, 5) is 10.2. The molecule has 0 bridgehead atoms. The smallest absolute Gasteiger partial charge is 0.303 e. The molecule has 0 unspecified atom stereocenters. The third-order valence-corrected chi connectivity index (χ3v) is 3.35. The Morgan fingerprint density at radius 1 is 0.833 bits per heavy atom. The van der Waals surface area contributed by atoms with E-state index in [0.717, 1.165) is 44.9 Å². The van der Waals surface area contributed by atoms with Crippen molar-refractivity contribution in [3.63, 3.8) is 0 Å². The molecule has 0 aromatic heterocycles. The van der Waals surface area contributed by atoms with Gasteiger partial charge in [-0.05, 0) is 12.8 Å². The van der Waals surface area contributed by atoms with Gasteiger partial charge in [-0.1, -0.05) is 38.5 Å². The first-order valence-corrected chi connectivity index (χ1v) is 7.70. The van der Waals surface area contributed by atoms with E-state index in [-0.39, 0.29) is 63.6 Å². The fourth-order valence-electron chi connectivity index (χ4n) is 1.62. The maximum Gasteiger partial charge on any atom is 0.303 e. The average Bonchev–Trinajstić information content (AvgIpc) is 2.18. The molecule has 1 radical (unpaired) electrons. The van der Waals surface area contributed by atoms with Crippen molar-refractivity contribution in [3.05, 3.63) is 0 Å². The van der Waals surface area contributed by atoms with Crippen LogP contribution in [0, 0.1) is 0 Å². The van der Waals surface area contributed by atoms with E-state index in [4.69, 9.17) is 9.66 Å². The van der Waals surface area contributed by atoms with Crippen molar-refractivity contribution >= 4 is 67.5 Å². The number of rotatable bonds is 11. The van der Waals surface area contributed by atoms with Gasteiger partial charge in [0.2, 0.25) is 0 Å². The average molecular weight is 305 g/mol. The molecule has 7 heteroatoms. The van der Waals surface area contributed by atoms with Gasteiger partial charge in [0.15, 0.2) is 0 Å². The fourth-order valence-corrected chi connectivity index (χ4v) is 2.19. The molecule has 0 aliphatic heterocycles. The molecule has 0 heterocycles. The molecular formula is C11H22KO5S. The van der Waals surface area contributed by atoms with Gasteiger partial charge >= 0.3 is 5.97 Å². The summed E-state index contributed by atoms with van der Waals surface area (Å²) in [5, 5.41) is 8.41. The van der Waals surface area contributed by atoms with Crippen LogP contribution in [0.1, 0.15) is 57.8 Å². The Hall–Kier alpha value is 1.02. The van der Waals surface area contributed by atoms with Gasteiger partial charge in [-0.3, -0.25) is 9.35 Å². The molecule has 2 N–H and O–H groups in total. The molecule has 0 spiro atoms. The molecule has 0 saturated carbocycles. The number of carboxylic acid groups (broad SMARTS) is 1. The number of hydrogen-bond donors (Lipinski definition) is 2. The summed E-state index contributed by atoms with van der Waals surface area (Å²) in [5.74, 6) is -0.888. The zero-order valence-electron chi connectivity index (χ0n) is 11.1. The molecular weight excluding hydrogens is 283 g/mol. The molecule has 0 aromatic carbocycles.